The Morgan fingerprint density at radius 1 is 0.963 bits per heavy atom. The van der Waals surface area contributed by atoms with Crippen LogP contribution in [0, 0.1) is 20.8 Å². The van der Waals surface area contributed by atoms with E-state index in [2.05, 4.69) is 30.1 Å². The maximum absolute atomic E-state index is 13.0. The van der Waals surface area contributed by atoms with Gasteiger partial charge in [0.15, 0.2) is 0 Å². The second-order valence-corrected chi connectivity index (χ2v) is 6.94. The number of anilines is 1. The van der Waals surface area contributed by atoms with Crippen LogP contribution in [-0.4, -0.2) is 54.9 Å². The molecule has 2 aromatic rings. The van der Waals surface area contributed by atoms with Crippen LogP contribution in [0.1, 0.15) is 37.5 Å². The van der Waals surface area contributed by atoms with E-state index in [0.717, 1.165) is 30.2 Å². The molecule has 0 atom stereocenters. The summed E-state index contributed by atoms with van der Waals surface area (Å²) in [4.78, 5) is 33.8. The van der Waals surface area contributed by atoms with Crippen molar-refractivity contribution in [1.82, 2.24) is 15.2 Å². The lowest BCUT2D eigenvalue weighted by Crippen LogP contribution is -2.49. The highest BCUT2D eigenvalue weighted by atomic mass is 16.2. The number of aryl methyl sites for hydroxylation is 3. The molecule has 142 valence electrons. The molecule has 1 aromatic carbocycles. The maximum atomic E-state index is 13.0. The van der Waals surface area contributed by atoms with Gasteiger partial charge in [0.2, 0.25) is 0 Å². The monoisotopic (exact) mass is 366 g/mol. The molecule has 1 aromatic heterocycles. The predicted molar refractivity (Wildman–Crippen MR) is 106 cm³/mol. The minimum Gasteiger partial charge on any atom is -0.355 e. The van der Waals surface area contributed by atoms with Crippen molar-refractivity contribution in [3.8, 4) is 0 Å². The zero-order valence-corrected chi connectivity index (χ0v) is 16.4. The van der Waals surface area contributed by atoms with E-state index in [1.165, 1.54) is 5.56 Å². The number of rotatable bonds is 3. The number of carbonyl (C=O) groups excluding carboxylic acids is 2. The van der Waals surface area contributed by atoms with Crippen LogP contribution in [-0.2, 0) is 0 Å². The fourth-order valence-corrected chi connectivity index (χ4v) is 3.44. The highest BCUT2D eigenvalue weighted by Gasteiger charge is 2.26. The SMILES string of the molecule is CNC(=O)c1ccccc1C(=O)N1CCN(c2nc(C)c(C)cc2C)CC1. The van der Waals surface area contributed by atoms with Crippen molar-refractivity contribution in [2.45, 2.75) is 20.8 Å². The first-order valence-electron chi connectivity index (χ1n) is 9.22. The van der Waals surface area contributed by atoms with Crippen molar-refractivity contribution in [3.05, 3.63) is 58.3 Å². The Balaban J connectivity index is 1.74. The number of pyridine rings is 1. The van der Waals surface area contributed by atoms with Crippen LogP contribution in [0.15, 0.2) is 30.3 Å². The Hall–Kier alpha value is -2.89. The normalized spacial score (nSPS) is 14.2. The van der Waals surface area contributed by atoms with Crippen LogP contribution < -0.4 is 10.2 Å². The van der Waals surface area contributed by atoms with Gasteiger partial charge in [-0.05, 0) is 44.0 Å². The predicted octanol–water partition coefficient (Wildman–Crippen LogP) is 2.33. The molecule has 0 spiro atoms. The van der Waals surface area contributed by atoms with E-state index in [0.29, 0.717) is 24.2 Å². The quantitative estimate of drug-likeness (QED) is 0.905. The summed E-state index contributed by atoms with van der Waals surface area (Å²) in [5.74, 6) is 0.655. The number of amides is 2. The third kappa shape index (κ3) is 3.79. The largest absolute Gasteiger partial charge is 0.355 e. The maximum Gasteiger partial charge on any atom is 0.254 e. The van der Waals surface area contributed by atoms with E-state index >= 15 is 0 Å². The summed E-state index contributed by atoms with van der Waals surface area (Å²) in [5, 5.41) is 2.60. The smallest absolute Gasteiger partial charge is 0.254 e. The third-order valence-corrected chi connectivity index (χ3v) is 5.13. The lowest BCUT2D eigenvalue weighted by molar-refractivity contribution is 0.0740. The molecule has 0 saturated carbocycles. The molecule has 1 saturated heterocycles. The van der Waals surface area contributed by atoms with Crippen LogP contribution in [0.25, 0.3) is 0 Å². The van der Waals surface area contributed by atoms with E-state index in [9.17, 15) is 9.59 Å². The van der Waals surface area contributed by atoms with Gasteiger partial charge in [-0.15, -0.1) is 0 Å². The van der Waals surface area contributed by atoms with Crippen molar-refractivity contribution in [1.29, 1.82) is 0 Å². The average Bonchev–Trinajstić information content (AvgIpc) is 2.69. The van der Waals surface area contributed by atoms with E-state index in [1.807, 2.05) is 11.8 Å². The second kappa shape index (κ2) is 7.78. The summed E-state index contributed by atoms with van der Waals surface area (Å²) in [6.45, 7) is 8.83. The van der Waals surface area contributed by atoms with Crippen molar-refractivity contribution in [2.75, 3.05) is 38.1 Å². The Morgan fingerprint density at radius 3 is 2.22 bits per heavy atom. The summed E-state index contributed by atoms with van der Waals surface area (Å²) in [6.07, 6.45) is 0. The van der Waals surface area contributed by atoms with Crippen LogP contribution in [0.5, 0.6) is 0 Å². The number of carbonyl (C=O) groups is 2. The Kier molecular flexibility index (Phi) is 5.44. The minimum absolute atomic E-state index is 0.0985. The fraction of sp³-hybridized carbons (Fsp3) is 0.381. The molecular formula is C21H26N4O2. The van der Waals surface area contributed by atoms with Crippen molar-refractivity contribution >= 4 is 17.6 Å². The van der Waals surface area contributed by atoms with Crippen LogP contribution in [0.3, 0.4) is 0 Å². The molecule has 3 rings (SSSR count). The molecule has 1 fully saturated rings. The summed E-state index contributed by atoms with van der Waals surface area (Å²) >= 11 is 0. The van der Waals surface area contributed by atoms with Gasteiger partial charge in [0.1, 0.15) is 5.82 Å². The summed E-state index contributed by atoms with van der Waals surface area (Å²) in [5.41, 5.74) is 4.25. The van der Waals surface area contributed by atoms with Gasteiger partial charge >= 0.3 is 0 Å². The molecule has 27 heavy (non-hydrogen) atoms. The second-order valence-electron chi connectivity index (χ2n) is 6.94. The van der Waals surface area contributed by atoms with Gasteiger partial charge in [-0.2, -0.15) is 0 Å². The van der Waals surface area contributed by atoms with Crippen molar-refractivity contribution in [3.63, 3.8) is 0 Å². The molecular weight excluding hydrogens is 340 g/mol. The standard InChI is InChI=1S/C21H26N4O2/c1-14-13-15(2)19(23-16(14)3)24-9-11-25(12-10-24)21(27)18-8-6-5-7-17(18)20(26)22-4/h5-8,13H,9-12H2,1-4H3,(H,22,26). The number of nitrogens with zero attached hydrogens (tertiary/aromatic N) is 3. The zero-order chi connectivity index (χ0) is 19.6. The van der Waals surface area contributed by atoms with Gasteiger partial charge in [-0.1, -0.05) is 18.2 Å². The minimum atomic E-state index is -0.243. The Labute approximate surface area is 160 Å². The van der Waals surface area contributed by atoms with E-state index in [4.69, 9.17) is 4.98 Å². The summed E-state index contributed by atoms with van der Waals surface area (Å²) < 4.78 is 0. The first-order chi connectivity index (χ1) is 12.9. The number of piperazine rings is 1. The van der Waals surface area contributed by atoms with Gasteiger partial charge in [-0.25, -0.2) is 4.98 Å². The number of nitrogens with one attached hydrogen (secondary N) is 1. The molecule has 0 unspecified atom stereocenters. The zero-order valence-electron chi connectivity index (χ0n) is 16.4. The first-order valence-corrected chi connectivity index (χ1v) is 9.22. The van der Waals surface area contributed by atoms with Crippen LogP contribution >= 0.6 is 0 Å². The van der Waals surface area contributed by atoms with Gasteiger partial charge < -0.3 is 15.1 Å². The average molecular weight is 366 g/mol. The van der Waals surface area contributed by atoms with E-state index < -0.39 is 0 Å². The molecule has 2 heterocycles. The molecule has 0 radical (unpaired) electrons. The van der Waals surface area contributed by atoms with Crippen molar-refractivity contribution < 1.29 is 9.59 Å². The lowest BCUT2D eigenvalue weighted by atomic mass is 10.0. The van der Waals surface area contributed by atoms with Gasteiger partial charge in [0.05, 0.1) is 11.1 Å². The van der Waals surface area contributed by atoms with Crippen LogP contribution in [0.4, 0.5) is 5.82 Å². The molecule has 1 N–H and O–H groups in total. The first kappa shape index (κ1) is 18.9. The Morgan fingerprint density at radius 2 is 1.59 bits per heavy atom. The number of hydrogen-bond donors (Lipinski definition) is 1. The summed E-state index contributed by atoms with van der Waals surface area (Å²) in [7, 11) is 1.57. The number of aromatic nitrogens is 1. The highest BCUT2D eigenvalue weighted by molar-refractivity contribution is 6.07. The van der Waals surface area contributed by atoms with Gasteiger partial charge in [-0.3, -0.25) is 9.59 Å². The van der Waals surface area contributed by atoms with E-state index in [1.54, 1.807) is 31.3 Å². The van der Waals surface area contributed by atoms with Gasteiger partial charge in [0.25, 0.3) is 11.8 Å². The van der Waals surface area contributed by atoms with Crippen LogP contribution in [0.2, 0.25) is 0 Å². The Bertz CT molecular complexity index is 870. The van der Waals surface area contributed by atoms with Gasteiger partial charge in [0, 0.05) is 38.9 Å². The molecule has 2 amide bonds. The number of hydrogen-bond acceptors (Lipinski definition) is 4. The molecule has 6 nitrogen and oxygen atoms in total. The summed E-state index contributed by atoms with van der Waals surface area (Å²) in [6, 6.07) is 9.12. The lowest BCUT2D eigenvalue weighted by Gasteiger charge is -2.36. The number of benzene rings is 1. The molecule has 1 aliphatic heterocycles. The molecule has 1 aliphatic rings. The fourth-order valence-electron chi connectivity index (χ4n) is 3.44. The molecule has 0 aliphatic carbocycles. The molecule has 0 bridgehead atoms. The van der Waals surface area contributed by atoms with Crippen molar-refractivity contribution in [2.24, 2.45) is 0 Å². The topological polar surface area (TPSA) is 65.5 Å². The highest BCUT2D eigenvalue weighted by Crippen LogP contribution is 2.22. The third-order valence-electron chi connectivity index (χ3n) is 5.13. The molecule has 6 heteroatoms. The van der Waals surface area contributed by atoms with E-state index in [-0.39, 0.29) is 11.8 Å².